The van der Waals surface area contributed by atoms with Gasteiger partial charge in [0.05, 0.1) is 15.7 Å². The van der Waals surface area contributed by atoms with Crippen LogP contribution in [0.4, 0.5) is 10.5 Å². The number of hydrogen-bond donors (Lipinski definition) is 3. The second kappa shape index (κ2) is 9.66. The fraction of sp³-hybridized carbons (Fsp3) is 0.217. The Kier molecular flexibility index (Phi) is 6.84. The normalized spacial score (nSPS) is 11.3. The van der Waals surface area contributed by atoms with Crippen molar-refractivity contribution < 1.29 is 4.79 Å². The van der Waals surface area contributed by atoms with Gasteiger partial charge in [-0.05, 0) is 35.7 Å². The van der Waals surface area contributed by atoms with Gasteiger partial charge in [-0.25, -0.2) is 14.5 Å². The SMILES string of the molecule is CNC(=O)Nc1cccc(Cc2nc3c(c(C(C)C)nn3-c3c(Cl)cc(Cl)cc3Cl)c(=O)[nH]2)c1. The standard InChI is InChI=1S/C23H21Cl3N6O2/c1-11(2)19-18-21(32(31-19)20-15(25)9-13(24)10-16(20)26)29-17(30-22(18)33)8-12-5-4-6-14(7-12)28-23(34)27-3/h4-7,9-11H,8H2,1-3H3,(H2,27,28,34)(H,29,30,33). The minimum absolute atomic E-state index is 0.0465. The number of rotatable bonds is 5. The summed E-state index contributed by atoms with van der Waals surface area (Å²) >= 11 is 19.0. The molecule has 2 amide bonds. The highest BCUT2D eigenvalue weighted by Gasteiger charge is 2.23. The molecule has 4 aromatic rings. The van der Waals surface area contributed by atoms with E-state index in [0.29, 0.717) is 45.4 Å². The molecule has 8 nitrogen and oxygen atoms in total. The lowest BCUT2D eigenvalue weighted by atomic mass is 10.1. The highest BCUT2D eigenvalue weighted by atomic mass is 35.5. The van der Waals surface area contributed by atoms with Crippen LogP contribution < -0.4 is 16.2 Å². The van der Waals surface area contributed by atoms with E-state index in [4.69, 9.17) is 39.8 Å². The van der Waals surface area contributed by atoms with Crippen LogP contribution in [0.25, 0.3) is 16.7 Å². The van der Waals surface area contributed by atoms with Crippen LogP contribution in [0, 0.1) is 0 Å². The third kappa shape index (κ3) is 4.75. The van der Waals surface area contributed by atoms with Gasteiger partial charge in [-0.1, -0.05) is 60.8 Å². The Bertz CT molecular complexity index is 1440. The second-order valence-corrected chi connectivity index (χ2v) is 9.21. The van der Waals surface area contributed by atoms with Crippen molar-refractivity contribution in [3.8, 4) is 5.69 Å². The lowest BCUT2D eigenvalue weighted by Crippen LogP contribution is -2.24. The number of benzene rings is 2. The number of amides is 2. The average Bonchev–Trinajstić information content (AvgIpc) is 3.13. The molecule has 0 radical (unpaired) electrons. The molecule has 34 heavy (non-hydrogen) atoms. The Morgan fingerprint density at radius 2 is 1.85 bits per heavy atom. The van der Waals surface area contributed by atoms with Crippen LogP contribution >= 0.6 is 34.8 Å². The number of hydrogen-bond acceptors (Lipinski definition) is 4. The van der Waals surface area contributed by atoms with Gasteiger partial charge in [-0.15, -0.1) is 0 Å². The summed E-state index contributed by atoms with van der Waals surface area (Å²) in [5.41, 5.74) is 2.46. The maximum absolute atomic E-state index is 13.1. The third-order valence-corrected chi connectivity index (χ3v) is 5.93. The average molecular weight is 520 g/mol. The van der Waals surface area contributed by atoms with E-state index in [9.17, 15) is 9.59 Å². The van der Waals surface area contributed by atoms with Crippen LogP contribution in [0.5, 0.6) is 0 Å². The summed E-state index contributed by atoms with van der Waals surface area (Å²) in [6, 6.07) is 10.1. The molecule has 0 spiro atoms. The van der Waals surface area contributed by atoms with Crippen LogP contribution in [0.3, 0.4) is 0 Å². The summed E-state index contributed by atoms with van der Waals surface area (Å²) in [7, 11) is 1.54. The molecule has 0 aliphatic rings. The molecule has 0 aliphatic carbocycles. The number of nitrogens with one attached hydrogen (secondary N) is 3. The molecule has 0 aliphatic heterocycles. The second-order valence-electron chi connectivity index (χ2n) is 7.96. The fourth-order valence-corrected chi connectivity index (χ4v) is 4.60. The van der Waals surface area contributed by atoms with Gasteiger partial charge < -0.3 is 15.6 Å². The van der Waals surface area contributed by atoms with Crippen molar-refractivity contribution in [3.05, 3.63) is 78.9 Å². The number of aromatic nitrogens is 4. The zero-order chi connectivity index (χ0) is 24.6. The van der Waals surface area contributed by atoms with Crippen molar-refractivity contribution in [1.82, 2.24) is 25.1 Å². The van der Waals surface area contributed by atoms with Crippen molar-refractivity contribution in [2.45, 2.75) is 26.2 Å². The molecule has 0 saturated carbocycles. The molecular formula is C23H21Cl3N6O2. The number of carbonyl (C=O) groups is 1. The Morgan fingerprint density at radius 3 is 2.50 bits per heavy atom. The van der Waals surface area contributed by atoms with E-state index in [2.05, 4.69) is 20.7 Å². The lowest BCUT2D eigenvalue weighted by Gasteiger charge is -2.10. The molecule has 4 rings (SSSR count). The van der Waals surface area contributed by atoms with Gasteiger partial charge in [0.2, 0.25) is 0 Å². The molecular weight excluding hydrogens is 499 g/mol. The van der Waals surface area contributed by atoms with Gasteiger partial charge >= 0.3 is 6.03 Å². The summed E-state index contributed by atoms with van der Waals surface area (Å²) in [6.45, 7) is 3.88. The van der Waals surface area contributed by atoms with Gasteiger partial charge in [-0.3, -0.25) is 4.79 Å². The van der Waals surface area contributed by atoms with E-state index in [1.165, 1.54) is 11.7 Å². The zero-order valence-corrected chi connectivity index (χ0v) is 20.8. The minimum atomic E-state index is -0.327. The fourth-order valence-electron chi connectivity index (χ4n) is 3.62. The van der Waals surface area contributed by atoms with Crippen molar-refractivity contribution in [2.75, 3.05) is 12.4 Å². The number of aromatic amines is 1. The maximum atomic E-state index is 13.1. The number of halogens is 3. The largest absolute Gasteiger partial charge is 0.341 e. The first-order valence-corrected chi connectivity index (χ1v) is 11.6. The molecule has 0 unspecified atom stereocenters. The monoisotopic (exact) mass is 518 g/mol. The molecule has 0 atom stereocenters. The lowest BCUT2D eigenvalue weighted by molar-refractivity contribution is 0.254. The first-order valence-electron chi connectivity index (χ1n) is 10.4. The van der Waals surface area contributed by atoms with Crippen molar-refractivity contribution in [3.63, 3.8) is 0 Å². The van der Waals surface area contributed by atoms with E-state index < -0.39 is 0 Å². The van der Waals surface area contributed by atoms with Gasteiger partial charge in [0.25, 0.3) is 5.56 Å². The predicted molar refractivity (Wildman–Crippen MR) is 136 cm³/mol. The quantitative estimate of drug-likeness (QED) is 0.322. The summed E-state index contributed by atoms with van der Waals surface area (Å²) in [5, 5.41) is 11.2. The van der Waals surface area contributed by atoms with Crippen LogP contribution in [-0.2, 0) is 6.42 Å². The smallest absolute Gasteiger partial charge is 0.318 e. The third-order valence-electron chi connectivity index (χ3n) is 5.14. The highest BCUT2D eigenvalue weighted by molar-refractivity contribution is 6.40. The molecule has 2 heterocycles. The van der Waals surface area contributed by atoms with E-state index in [1.807, 2.05) is 32.0 Å². The Morgan fingerprint density at radius 1 is 1.15 bits per heavy atom. The number of carbonyl (C=O) groups excluding carboxylic acids is 1. The molecule has 0 fully saturated rings. The Labute approximate surface area is 210 Å². The van der Waals surface area contributed by atoms with Crippen molar-refractivity contribution in [2.24, 2.45) is 0 Å². The van der Waals surface area contributed by atoms with Crippen LogP contribution in [0.15, 0.2) is 41.2 Å². The molecule has 2 aromatic heterocycles. The number of anilines is 1. The van der Waals surface area contributed by atoms with E-state index >= 15 is 0 Å². The van der Waals surface area contributed by atoms with Gasteiger partial charge in [-0.2, -0.15) is 5.10 Å². The number of H-pyrrole nitrogens is 1. The van der Waals surface area contributed by atoms with Crippen molar-refractivity contribution in [1.29, 1.82) is 0 Å². The first kappa shape index (κ1) is 24.1. The summed E-state index contributed by atoms with van der Waals surface area (Å²) < 4.78 is 1.49. The summed E-state index contributed by atoms with van der Waals surface area (Å²) in [5.74, 6) is 0.377. The highest BCUT2D eigenvalue weighted by Crippen LogP contribution is 2.34. The predicted octanol–water partition coefficient (Wildman–Crippen LogP) is 5.53. The topological polar surface area (TPSA) is 105 Å². The summed E-state index contributed by atoms with van der Waals surface area (Å²) in [6.07, 6.45) is 0.318. The number of urea groups is 1. The first-order chi connectivity index (χ1) is 16.2. The minimum Gasteiger partial charge on any atom is -0.341 e. The number of fused-ring (bicyclic) bond motifs is 1. The van der Waals surface area contributed by atoms with Crippen molar-refractivity contribution >= 4 is 57.6 Å². The number of nitrogens with zero attached hydrogens (tertiary/aromatic N) is 3. The Hall–Kier alpha value is -3.07. The van der Waals surface area contributed by atoms with Gasteiger partial charge in [0, 0.05) is 24.2 Å². The maximum Gasteiger partial charge on any atom is 0.318 e. The Balaban J connectivity index is 1.85. The van der Waals surface area contributed by atoms with Gasteiger partial charge in [0.15, 0.2) is 5.65 Å². The van der Waals surface area contributed by atoms with Crippen LogP contribution in [0.2, 0.25) is 15.1 Å². The van der Waals surface area contributed by atoms with E-state index in [0.717, 1.165) is 5.56 Å². The van der Waals surface area contributed by atoms with E-state index in [-0.39, 0.29) is 27.6 Å². The molecule has 0 bridgehead atoms. The molecule has 176 valence electrons. The molecule has 0 saturated heterocycles. The van der Waals surface area contributed by atoms with Crippen LogP contribution in [-0.4, -0.2) is 32.8 Å². The zero-order valence-electron chi connectivity index (χ0n) is 18.5. The molecule has 2 aromatic carbocycles. The molecule has 11 heteroatoms. The molecule has 3 N–H and O–H groups in total. The van der Waals surface area contributed by atoms with E-state index in [1.54, 1.807) is 18.2 Å². The van der Waals surface area contributed by atoms with Crippen LogP contribution in [0.1, 0.15) is 36.8 Å². The summed E-state index contributed by atoms with van der Waals surface area (Å²) in [4.78, 5) is 32.3. The van der Waals surface area contributed by atoms with Gasteiger partial charge in [0.1, 0.15) is 16.9 Å².